The van der Waals surface area contributed by atoms with Crippen LogP contribution in [0.5, 0.6) is 0 Å². The second-order valence-corrected chi connectivity index (χ2v) is 14.1. The van der Waals surface area contributed by atoms with Gasteiger partial charge >= 0.3 is 0 Å². The molecule has 0 bridgehead atoms. The molecule has 0 spiro atoms. The molecule has 1 aliphatic carbocycles. The maximum atomic E-state index is 14.2. The van der Waals surface area contributed by atoms with E-state index in [0.717, 1.165) is 80.2 Å². The van der Waals surface area contributed by atoms with Crippen LogP contribution in [0.1, 0.15) is 75.8 Å². The van der Waals surface area contributed by atoms with Crippen LogP contribution in [0.2, 0.25) is 5.02 Å². The van der Waals surface area contributed by atoms with E-state index in [0.29, 0.717) is 47.3 Å². The van der Waals surface area contributed by atoms with Crippen LogP contribution in [0.15, 0.2) is 59.3 Å². The molecule has 0 saturated carbocycles. The standard InChI is InChI=1S/C36H29ClFN7O2S/c1-18-43-44-35(47-18)28-24(10-6-19-4-8-23(38)9-5-19)41-32-26-3-2-14-45(26)36(46)30(32)29(28)27-16-21-12-13-39-34(33(21)48-27)42-25-11-7-20-15-22(37)17-40-31(20)25/h4-5,8-9,12-13,15-17,25-26H,2-3,6-7,10-11,14H2,1H3,(H,39,42)/t25-,26+/m0/s1. The molecule has 1 amide bonds. The van der Waals surface area contributed by atoms with E-state index in [2.05, 4.69) is 26.6 Å². The van der Waals surface area contributed by atoms with E-state index in [1.54, 1.807) is 42.8 Å². The van der Waals surface area contributed by atoms with Gasteiger partial charge in [0.15, 0.2) is 0 Å². The topological polar surface area (TPSA) is 110 Å². The maximum Gasteiger partial charge on any atom is 0.257 e. The van der Waals surface area contributed by atoms with Crippen molar-refractivity contribution in [2.45, 2.75) is 57.5 Å². The first-order valence-corrected chi connectivity index (χ1v) is 17.3. The van der Waals surface area contributed by atoms with Gasteiger partial charge in [-0.2, -0.15) is 0 Å². The SMILES string of the molecule is Cc1nnc(-c2c(CCc3ccc(F)cc3)nc3c(c2-c2cc4ccnc(N[C@H]5CCc6cc(Cl)cnc65)c4s2)C(=O)N2CCC[C@H]32)o1. The molecule has 7 heterocycles. The van der Waals surface area contributed by atoms with E-state index in [9.17, 15) is 9.18 Å². The Balaban J connectivity index is 1.21. The van der Waals surface area contributed by atoms with Crippen LogP contribution >= 0.6 is 22.9 Å². The number of carbonyl (C=O) groups excluding carboxylic acids is 1. The molecule has 1 fully saturated rings. The third-order valence-electron chi connectivity index (χ3n) is 9.64. The zero-order chi connectivity index (χ0) is 32.5. The number of carbonyl (C=O) groups is 1. The normalized spacial score (nSPS) is 18.1. The Morgan fingerprint density at radius 2 is 1.92 bits per heavy atom. The van der Waals surface area contributed by atoms with Crippen LogP contribution in [0.25, 0.3) is 32.0 Å². The third kappa shape index (κ3) is 4.86. The number of amides is 1. The van der Waals surface area contributed by atoms with Crippen molar-refractivity contribution >= 4 is 44.7 Å². The van der Waals surface area contributed by atoms with Crippen molar-refractivity contribution in [1.82, 2.24) is 30.0 Å². The summed E-state index contributed by atoms with van der Waals surface area (Å²) in [5.74, 6) is 1.23. The number of anilines is 1. The predicted octanol–water partition coefficient (Wildman–Crippen LogP) is 8.08. The minimum Gasteiger partial charge on any atom is -0.421 e. The van der Waals surface area contributed by atoms with Crippen LogP contribution in [-0.2, 0) is 19.3 Å². The average molecular weight is 678 g/mol. The molecule has 1 saturated heterocycles. The molecule has 9 rings (SSSR count). The van der Waals surface area contributed by atoms with Gasteiger partial charge in [0.25, 0.3) is 5.91 Å². The Bertz CT molecular complexity index is 2250. The number of hydrogen-bond acceptors (Lipinski definition) is 9. The highest BCUT2D eigenvalue weighted by atomic mass is 35.5. The number of rotatable bonds is 7. The molecular formula is C36H29ClFN7O2S. The summed E-state index contributed by atoms with van der Waals surface area (Å²) in [6.07, 6.45) is 8.26. The van der Waals surface area contributed by atoms with E-state index in [1.807, 2.05) is 17.0 Å². The molecule has 1 N–H and O–H groups in total. The van der Waals surface area contributed by atoms with Crippen molar-refractivity contribution in [1.29, 1.82) is 0 Å². The Kier molecular flexibility index (Phi) is 7.01. The van der Waals surface area contributed by atoms with E-state index in [1.165, 1.54) is 12.1 Å². The van der Waals surface area contributed by atoms with Gasteiger partial charge in [-0.25, -0.2) is 9.37 Å². The minimum absolute atomic E-state index is 0.00911. The van der Waals surface area contributed by atoms with Gasteiger partial charge in [0.05, 0.1) is 50.0 Å². The molecule has 5 aromatic heterocycles. The number of nitrogens with zero attached hydrogens (tertiary/aromatic N) is 6. The van der Waals surface area contributed by atoms with Crippen molar-refractivity contribution in [2.24, 2.45) is 0 Å². The third-order valence-corrected chi connectivity index (χ3v) is 11.0. The van der Waals surface area contributed by atoms with Gasteiger partial charge in [-0.3, -0.25) is 14.8 Å². The fourth-order valence-electron chi connectivity index (χ4n) is 7.46. The molecule has 0 radical (unpaired) electrons. The van der Waals surface area contributed by atoms with Crippen LogP contribution < -0.4 is 5.32 Å². The number of aromatic nitrogens is 5. The van der Waals surface area contributed by atoms with Crippen LogP contribution in [0, 0.1) is 12.7 Å². The van der Waals surface area contributed by atoms with E-state index < -0.39 is 0 Å². The first-order chi connectivity index (χ1) is 23.4. The predicted molar refractivity (Wildman–Crippen MR) is 182 cm³/mol. The lowest BCUT2D eigenvalue weighted by Crippen LogP contribution is -2.22. The minimum atomic E-state index is -0.274. The molecule has 6 aromatic rings. The number of hydrogen-bond donors (Lipinski definition) is 1. The number of halogens is 2. The van der Waals surface area contributed by atoms with Gasteiger partial charge in [-0.05, 0) is 85.4 Å². The van der Waals surface area contributed by atoms with Gasteiger partial charge in [0, 0.05) is 36.3 Å². The quantitative estimate of drug-likeness (QED) is 0.181. The summed E-state index contributed by atoms with van der Waals surface area (Å²) < 4.78 is 20.8. The zero-order valence-electron chi connectivity index (χ0n) is 26.0. The summed E-state index contributed by atoms with van der Waals surface area (Å²) in [6.45, 7) is 2.45. The highest BCUT2D eigenvalue weighted by Gasteiger charge is 2.45. The van der Waals surface area contributed by atoms with Gasteiger partial charge in [-0.15, -0.1) is 21.5 Å². The second kappa shape index (κ2) is 11.5. The summed E-state index contributed by atoms with van der Waals surface area (Å²) in [6, 6.07) is 12.6. The highest BCUT2D eigenvalue weighted by molar-refractivity contribution is 7.23. The molecule has 12 heteroatoms. The lowest BCUT2D eigenvalue weighted by molar-refractivity contribution is 0.0776. The molecule has 1 aromatic carbocycles. The highest BCUT2D eigenvalue weighted by Crippen LogP contribution is 2.50. The molecule has 9 nitrogen and oxygen atoms in total. The summed E-state index contributed by atoms with van der Waals surface area (Å²) in [5.41, 5.74) is 6.77. The van der Waals surface area contributed by atoms with Crippen LogP contribution in [0.3, 0.4) is 0 Å². The largest absolute Gasteiger partial charge is 0.421 e. The number of pyridine rings is 3. The van der Waals surface area contributed by atoms with Crippen molar-refractivity contribution in [3.63, 3.8) is 0 Å². The molecule has 2 aliphatic heterocycles. The van der Waals surface area contributed by atoms with E-state index in [4.69, 9.17) is 26.0 Å². The second-order valence-electron chi connectivity index (χ2n) is 12.6. The molecule has 3 aliphatic rings. The Labute approximate surface area is 284 Å². The number of nitrogens with one attached hydrogen (secondary N) is 1. The van der Waals surface area contributed by atoms with Crippen molar-refractivity contribution in [3.8, 4) is 21.9 Å². The molecule has 2 atom stereocenters. The van der Waals surface area contributed by atoms with Gasteiger partial charge in [0.2, 0.25) is 11.8 Å². The zero-order valence-corrected chi connectivity index (χ0v) is 27.5. The van der Waals surface area contributed by atoms with Crippen molar-refractivity contribution in [2.75, 3.05) is 11.9 Å². The van der Waals surface area contributed by atoms with Gasteiger partial charge in [0.1, 0.15) is 11.6 Å². The lowest BCUT2D eigenvalue weighted by Gasteiger charge is -2.16. The summed E-state index contributed by atoms with van der Waals surface area (Å²) in [4.78, 5) is 31.7. The summed E-state index contributed by atoms with van der Waals surface area (Å²) >= 11 is 7.81. The monoisotopic (exact) mass is 677 g/mol. The lowest BCUT2D eigenvalue weighted by atomic mass is 9.93. The first-order valence-electron chi connectivity index (χ1n) is 16.1. The Morgan fingerprint density at radius 3 is 2.75 bits per heavy atom. The summed E-state index contributed by atoms with van der Waals surface area (Å²) in [7, 11) is 0. The van der Waals surface area contributed by atoms with Gasteiger partial charge in [-0.1, -0.05) is 23.7 Å². The fourth-order valence-corrected chi connectivity index (χ4v) is 8.80. The maximum absolute atomic E-state index is 14.2. The number of benzene rings is 1. The molecule has 240 valence electrons. The smallest absolute Gasteiger partial charge is 0.257 e. The fraction of sp³-hybridized carbons (Fsp3) is 0.278. The van der Waals surface area contributed by atoms with Crippen molar-refractivity contribution in [3.05, 3.63) is 105 Å². The summed E-state index contributed by atoms with van der Waals surface area (Å²) in [5, 5.41) is 13.9. The molecule has 0 unspecified atom stereocenters. The first kappa shape index (κ1) is 29.4. The Hall–Kier alpha value is -4.74. The van der Waals surface area contributed by atoms with Crippen LogP contribution in [0.4, 0.5) is 10.2 Å². The number of thiophene rings is 1. The average Bonchev–Trinajstić information content (AvgIpc) is 3.92. The van der Waals surface area contributed by atoms with Crippen molar-refractivity contribution < 1.29 is 13.6 Å². The number of fused-ring (bicyclic) bond motifs is 5. The van der Waals surface area contributed by atoms with Crippen LogP contribution in [-0.4, -0.2) is 42.5 Å². The molecular weight excluding hydrogens is 649 g/mol. The number of aryl methyl sites for hydroxylation is 4. The molecule has 48 heavy (non-hydrogen) atoms. The van der Waals surface area contributed by atoms with E-state index in [-0.39, 0.29) is 23.8 Å². The van der Waals surface area contributed by atoms with E-state index >= 15 is 0 Å². The van der Waals surface area contributed by atoms with Gasteiger partial charge < -0.3 is 14.6 Å². The Morgan fingerprint density at radius 1 is 1.04 bits per heavy atom.